The normalized spacial score (nSPS) is 12.1. The third-order valence-electron chi connectivity index (χ3n) is 4.85. The number of nitrogens with two attached hydrogens (primary N) is 1. The van der Waals surface area contributed by atoms with Crippen LogP contribution in [-0.2, 0) is 6.54 Å². The number of carbonyl (C=O) groups is 1. The van der Waals surface area contributed by atoms with Gasteiger partial charge in [0.05, 0.1) is 11.4 Å². The number of hydrogen-bond donors (Lipinski definition) is 2. The van der Waals surface area contributed by atoms with Gasteiger partial charge in [0, 0.05) is 48.2 Å². The van der Waals surface area contributed by atoms with E-state index in [0.717, 1.165) is 46.6 Å². The van der Waals surface area contributed by atoms with E-state index in [9.17, 15) is 9.90 Å². The highest BCUT2D eigenvalue weighted by molar-refractivity contribution is 5.98. The highest BCUT2D eigenvalue weighted by atomic mass is 16.3. The molecule has 0 aliphatic carbocycles. The molecule has 6 heteroatoms. The Bertz CT molecular complexity index is 977. The van der Waals surface area contributed by atoms with Gasteiger partial charge >= 0.3 is 0 Å². The maximum absolute atomic E-state index is 12.3. The highest BCUT2D eigenvalue weighted by Gasteiger charge is 2.22. The van der Waals surface area contributed by atoms with Crippen molar-refractivity contribution >= 4 is 5.91 Å². The highest BCUT2D eigenvalue weighted by Crippen LogP contribution is 2.35. The van der Waals surface area contributed by atoms with Gasteiger partial charge in [-0.15, -0.1) is 0 Å². The minimum atomic E-state index is -0.521. The number of rotatable bonds is 7. The van der Waals surface area contributed by atoms with Crippen LogP contribution in [0.3, 0.4) is 0 Å². The van der Waals surface area contributed by atoms with Crippen molar-refractivity contribution in [2.45, 2.75) is 39.7 Å². The number of primary amides is 1. The van der Waals surface area contributed by atoms with Crippen LogP contribution >= 0.6 is 0 Å². The second-order valence-electron chi connectivity index (χ2n) is 7.09. The van der Waals surface area contributed by atoms with Crippen molar-refractivity contribution in [3.8, 4) is 22.5 Å². The second-order valence-corrected chi connectivity index (χ2v) is 7.09. The maximum Gasteiger partial charge on any atom is 0.249 e. The Balaban J connectivity index is 2.30. The van der Waals surface area contributed by atoms with Gasteiger partial charge in [0.15, 0.2) is 0 Å². The summed E-state index contributed by atoms with van der Waals surface area (Å²) in [5.41, 5.74) is 11.2. The SMILES string of the molecule is CCCn1nccc1-c1cc(C(N)=O)c([C@H](C)CO)c(-c2ccc(C)cn2)c1. The topological polar surface area (TPSA) is 94.0 Å². The van der Waals surface area contributed by atoms with Gasteiger partial charge in [-0.05, 0) is 48.7 Å². The summed E-state index contributed by atoms with van der Waals surface area (Å²) in [7, 11) is 0. The van der Waals surface area contributed by atoms with Crippen molar-refractivity contribution < 1.29 is 9.90 Å². The summed E-state index contributed by atoms with van der Waals surface area (Å²) in [5.74, 6) is -0.776. The van der Waals surface area contributed by atoms with Crippen LogP contribution in [0.5, 0.6) is 0 Å². The third-order valence-corrected chi connectivity index (χ3v) is 4.85. The van der Waals surface area contributed by atoms with E-state index in [1.807, 2.05) is 42.8 Å². The molecule has 2 aromatic heterocycles. The zero-order chi connectivity index (χ0) is 20.3. The summed E-state index contributed by atoms with van der Waals surface area (Å²) in [5, 5.41) is 14.2. The van der Waals surface area contributed by atoms with Crippen molar-refractivity contribution in [1.29, 1.82) is 0 Å². The molecule has 0 aliphatic rings. The molecule has 0 saturated heterocycles. The monoisotopic (exact) mass is 378 g/mol. The van der Waals surface area contributed by atoms with Crippen molar-refractivity contribution in [3.05, 3.63) is 59.4 Å². The molecule has 6 nitrogen and oxygen atoms in total. The molecule has 0 saturated carbocycles. The molecule has 0 aliphatic heterocycles. The second kappa shape index (κ2) is 8.35. The van der Waals surface area contributed by atoms with Gasteiger partial charge in [-0.1, -0.05) is 19.9 Å². The van der Waals surface area contributed by atoms with Crippen molar-refractivity contribution in [2.75, 3.05) is 6.61 Å². The van der Waals surface area contributed by atoms with Crippen LogP contribution in [-0.4, -0.2) is 32.4 Å². The molecule has 3 aromatic rings. The van der Waals surface area contributed by atoms with Gasteiger partial charge in [-0.2, -0.15) is 5.10 Å². The van der Waals surface area contributed by atoms with Gasteiger partial charge in [0.25, 0.3) is 0 Å². The van der Waals surface area contributed by atoms with E-state index >= 15 is 0 Å². The lowest BCUT2D eigenvalue weighted by Gasteiger charge is -2.20. The van der Waals surface area contributed by atoms with E-state index in [2.05, 4.69) is 17.0 Å². The number of aliphatic hydroxyl groups is 1. The molecule has 0 fully saturated rings. The van der Waals surface area contributed by atoms with Crippen LogP contribution in [0.4, 0.5) is 0 Å². The van der Waals surface area contributed by atoms with E-state index in [-0.39, 0.29) is 12.5 Å². The summed E-state index contributed by atoms with van der Waals surface area (Å²) >= 11 is 0. The molecule has 0 spiro atoms. The van der Waals surface area contributed by atoms with Crippen molar-refractivity contribution in [1.82, 2.24) is 14.8 Å². The lowest BCUT2D eigenvalue weighted by atomic mass is 9.87. The Morgan fingerprint density at radius 1 is 1.29 bits per heavy atom. The fraction of sp³-hybridized carbons (Fsp3) is 0.318. The molecule has 2 heterocycles. The molecule has 0 unspecified atom stereocenters. The summed E-state index contributed by atoms with van der Waals surface area (Å²) in [6.45, 7) is 6.63. The quantitative estimate of drug-likeness (QED) is 0.658. The molecule has 3 N–H and O–H groups in total. The lowest BCUT2D eigenvalue weighted by molar-refractivity contribution is 0.0998. The van der Waals surface area contributed by atoms with Crippen LogP contribution < -0.4 is 5.73 Å². The fourth-order valence-electron chi connectivity index (χ4n) is 3.43. The average molecular weight is 378 g/mol. The Hall–Kier alpha value is -2.99. The van der Waals surface area contributed by atoms with E-state index in [4.69, 9.17) is 5.73 Å². The van der Waals surface area contributed by atoms with Crippen LogP contribution in [0.2, 0.25) is 0 Å². The summed E-state index contributed by atoms with van der Waals surface area (Å²) in [6.07, 6.45) is 4.49. The van der Waals surface area contributed by atoms with Crippen molar-refractivity contribution in [2.24, 2.45) is 5.73 Å². The number of aliphatic hydroxyl groups excluding tert-OH is 1. The number of amides is 1. The Morgan fingerprint density at radius 2 is 2.07 bits per heavy atom. The predicted octanol–water partition coefficient (Wildman–Crippen LogP) is 3.53. The minimum absolute atomic E-state index is 0.0910. The fourth-order valence-corrected chi connectivity index (χ4v) is 3.43. The largest absolute Gasteiger partial charge is 0.396 e. The molecule has 1 atom stereocenters. The zero-order valence-electron chi connectivity index (χ0n) is 16.5. The summed E-state index contributed by atoms with van der Waals surface area (Å²) in [4.78, 5) is 16.9. The summed E-state index contributed by atoms with van der Waals surface area (Å²) < 4.78 is 1.92. The van der Waals surface area contributed by atoms with Gasteiger partial charge in [-0.25, -0.2) is 0 Å². The molecule has 0 bridgehead atoms. The Morgan fingerprint density at radius 3 is 2.68 bits per heavy atom. The molecule has 146 valence electrons. The number of nitrogens with zero attached hydrogens (tertiary/aromatic N) is 3. The van der Waals surface area contributed by atoms with E-state index in [1.165, 1.54) is 0 Å². The van der Waals surface area contributed by atoms with Crippen LogP contribution in [0.1, 0.15) is 47.7 Å². The maximum atomic E-state index is 12.3. The number of benzene rings is 1. The number of carbonyl (C=O) groups excluding carboxylic acids is 1. The molecular formula is C22H26N4O2. The molecular weight excluding hydrogens is 352 g/mol. The predicted molar refractivity (Wildman–Crippen MR) is 110 cm³/mol. The Kier molecular flexibility index (Phi) is 5.90. The van der Waals surface area contributed by atoms with Gasteiger partial charge in [0.2, 0.25) is 5.91 Å². The van der Waals surface area contributed by atoms with E-state index in [1.54, 1.807) is 18.5 Å². The number of pyridine rings is 1. The van der Waals surface area contributed by atoms with Gasteiger partial charge in [-0.3, -0.25) is 14.5 Å². The molecule has 1 aromatic carbocycles. The van der Waals surface area contributed by atoms with E-state index in [0.29, 0.717) is 5.56 Å². The van der Waals surface area contributed by atoms with Crippen molar-refractivity contribution in [3.63, 3.8) is 0 Å². The number of hydrogen-bond acceptors (Lipinski definition) is 4. The Labute approximate surface area is 165 Å². The standard InChI is InChI=1S/C22H26N4O2/c1-4-9-26-20(7-8-25-26)16-10-17(19-6-5-14(2)12-24-19)21(15(3)13-27)18(11-16)22(23)28/h5-8,10-12,15,27H,4,9,13H2,1-3H3,(H2,23,28)/t15-/m1/s1. The van der Waals surface area contributed by atoms with Crippen LogP contribution in [0.25, 0.3) is 22.5 Å². The third kappa shape index (κ3) is 3.82. The average Bonchev–Trinajstić information content (AvgIpc) is 3.15. The first-order chi connectivity index (χ1) is 13.5. The zero-order valence-corrected chi connectivity index (χ0v) is 16.5. The summed E-state index contributed by atoms with van der Waals surface area (Å²) in [6, 6.07) is 9.64. The lowest BCUT2D eigenvalue weighted by Crippen LogP contribution is -2.17. The first kappa shape index (κ1) is 19.8. The number of aryl methyl sites for hydroxylation is 2. The van der Waals surface area contributed by atoms with Gasteiger partial charge < -0.3 is 10.8 Å². The first-order valence-electron chi connectivity index (χ1n) is 9.50. The smallest absolute Gasteiger partial charge is 0.249 e. The molecule has 0 radical (unpaired) electrons. The first-order valence-corrected chi connectivity index (χ1v) is 9.50. The number of aromatic nitrogens is 3. The molecule has 28 heavy (non-hydrogen) atoms. The minimum Gasteiger partial charge on any atom is -0.396 e. The molecule has 3 rings (SSSR count). The van der Waals surface area contributed by atoms with Crippen LogP contribution in [0.15, 0.2) is 42.7 Å². The molecule has 1 amide bonds. The van der Waals surface area contributed by atoms with Gasteiger partial charge in [0.1, 0.15) is 0 Å². The van der Waals surface area contributed by atoms with Crippen LogP contribution in [0, 0.1) is 6.92 Å². The van der Waals surface area contributed by atoms with E-state index < -0.39 is 5.91 Å².